The largest absolute Gasteiger partial charge is 0.301 e. The second kappa shape index (κ2) is 3.54. The van der Waals surface area contributed by atoms with Crippen LogP contribution in [0.1, 0.15) is 26.2 Å². The minimum Gasteiger partial charge on any atom is -0.301 e. The van der Waals surface area contributed by atoms with Crippen LogP contribution in [0.25, 0.3) is 0 Å². The summed E-state index contributed by atoms with van der Waals surface area (Å²) in [6.07, 6.45) is 2.93. The zero-order valence-electron chi connectivity index (χ0n) is 6.84. The predicted molar refractivity (Wildman–Crippen MR) is 45.1 cm³/mol. The highest BCUT2D eigenvalue weighted by atomic mass is 32.2. The summed E-state index contributed by atoms with van der Waals surface area (Å²) in [5, 5.41) is 2.76. The van der Waals surface area contributed by atoms with Gasteiger partial charge in [-0.05, 0) is 25.8 Å². The molecule has 1 unspecified atom stereocenters. The number of nitrogens with one attached hydrogen (secondary N) is 1. The van der Waals surface area contributed by atoms with E-state index in [0.29, 0.717) is 0 Å². The topological polar surface area (TPSA) is 46.2 Å². The third kappa shape index (κ3) is 2.17. The van der Waals surface area contributed by atoms with Crippen LogP contribution in [0.15, 0.2) is 0 Å². The molecule has 0 bridgehead atoms. The molecule has 1 atom stereocenters. The summed E-state index contributed by atoms with van der Waals surface area (Å²) in [6.45, 7) is 2.55. The van der Waals surface area contributed by atoms with E-state index in [1.807, 2.05) is 0 Å². The van der Waals surface area contributed by atoms with E-state index < -0.39 is 9.84 Å². The van der Waals surface area contributed by atoms with Crippen molar-refractivity contribution in [1.29, 1.82) is 0 Å². The van der Waals surface area contributed by atoms with Crippen molar-refractivity contribution in [3.8, 4) is 0 Å². The lowest BCUT2D eigenvalue weighted by Crippen LogP contribution is -2.41. The molecular formula is C7H15NO2S. The Hall–Kier alpha value is -0.0900. The molecular weight excluding hydrogens is 162 g/mol. The number of hydrogen-bond donors (Lipinski definition) is 1. The molecule has 1 fully saturated rings. The molecule has 0 aliphatic carbocycles. The maximum atomic E-state index is 11.3. The van der Waals surface area contributed by atoms with Gasteiger partial charge in [-0.2, -0.15) is 0 Å². The molecule has 1 aliphatic rings. The quantitative estimate of drug-likeness (QED) is 0.669. The van der Waals surface area contributed by atoms with Crippen LogP contribution in [0.2, 0.25) is 0 Å². The summed E-state index contributed by atoms with van der Waals surface area (Å²) >= 11 is 0. The van der Waals surface area contributed by atoms with Crippen molar-refractivity contribution in [2.45, 2.75) is 31.6 Å². The van der Waals surface area contributed by atoms with Crippen molar-refractivity contribution >= 4 is 9.84 Å². The Balaban J connectivity index is 2.58. The molecule has 0 amide bonds. The predicted octanol–water partition coefficient (Wildman–Crippen LogP) is 0.521. The standard InChI is InChI=1S/C7H15NO2S/c1-2-11(9,10)7-5-3-4-6-8-7/h7-8H,2-6H2,1H3. The fraction of sp³-hybridized carbons (Fsp3) is 1.00. The third-order valence-corrected chi connectivity index (χ3v) is 4.18. The first-order valence-electron chi connectivity index (χ1n) is 4.12. The van der Waals surface area contributed by atoms with Gasteiger partial charge in [0.15, 0.2) is 9.84 Å². The van der Waals surface area contributed by atoms with Crippen molar-refractivity contribution in [3.63, 3.8) is 0 Å². The van der Waals surface area contributed by atoms with Crippen molar-refractivity contribution in [1.82, 2.24) is 5.32 Å². The molecule has 66 valence electrons. The zero-order chi connectivity index (χ0) is 8.32. The van der Waals surface area contributed by atoms with E-state index in [1.165, 1.54) is 0 Å². The van der Waals surface area contributed by atoms with Gasteiger partial charge in [0.1, 0.15) is 5.37 Å². The number of hydrogen-bond acceptors (Lipinski definition) is 3. The van der Waals surface area contributed by atoms with E-state index in [2.05, 4.69) is 5.32 Å². The molecule has 0 saturated carbocycles. The maximum Gasteiger partial charge on any atom is 0.165 e. The fourth-order valence-corrected chi connectivity index (χ4v) is 2.63. The second-order valence-corrected chi connectivity index (χ2v) is 5.36. The van der Waals surface area contributed by atoms with Gasteiger partial charge < -0.3 is 5.32 Å². The van der Waals surface area contributed by atoms with E-state index in [4.69, 9.17) is 0 Å². The number of piperidine rings is 1. The van der Waals surface area contributed by atoms with Crippen LogP contribution in [0, 0.1) is 0 Å². The average Bonchev–Trinajstić information content (AvgIpc) is 2.06. The fourth-order valence-electron chi connectivity index (χ4n) is 1.33. The lowest BCUT2D eigenvalue weighted by molar-refractivity contribution is 0.461. The second-order valence-electron chi connectivity index (χ2n) is 2.89. The molecule has 0 radical (unpaired) electrons. The Morgan fingerprint density at radius 3 is 2.64 bits per heavy atom. The van der Waals surface area contributed by atoms with E-state index in [0.717, 1.165) is 25.8 Å². The monoisotopic (exact) mass is 177 g/mol. The van der Waals surface area contributed by atoms with Crippen LogP contribution in [-0.2, 0) is 9.84 Å². The Bertz CT molecular complexity index is 204. The highest BCUT2D eigenvalue weighted by Crippen LogP contribution is 2.12. The van der Waals surface area contributed by atoms with Gasteiger partial charge >= 0.3 is 0 Å². The highest BCUT2D eigenvalue weighted by molar-refractivity contribution is 7.91. The summed E-state index contributed by atoms with van der Waals surface area (Å²) in [5.41, 5.74) is 0. The minimum absolute atomic E-state index is 0.255. The van der Waals surface area contributed by atoms with Gasteiger partial charge in [-0.15, -0.1) is 0 Å². The normalized spacial score (nSPS) is 26.8. The van der Waals surface area contributed by atoms with Crippen molar-refractivity contribution < 1.29 is 8.42 Å². The molecule has 1 saturated heterocycles. The van der Waals surface area contributed by atoms with Crippen LogP contribution in [-0.4, -0.2) is 26.1 Å². The molecule has 3 nitrogen and oxygen atoms in total. The molecule has 1 rings (SSSR count). The first-order chi connectivity index (χ1) is 5.17. The Labute approximate surface area is 68.1 Å². The van der Waals surface area contributed by atoms with Crippen LogP contribution < -0.4 is 5.32 Å². The van der Waals surface area contributed by atoms with Gasteiger partial charge in [0.25, 0.3) is 0 Å². The molecule has 1 N–H and O–H groups in total. The smallest absolute Gasteiger partial charge is 0.165 e. The summed E-state index contributed by atoms with van der Waals surface area (Å²) in [6, 6.07) is 0. The van der Waals surface area contributed by atoms with Crippen LogP contribution >= 0.6 is 0 Å². The van der Waals surface area contributed by atoms with Crippen molar-refractivity contribution in [3.05, 3.63) is 0 Å². The maximum absolute atomic E-state index is 11.3. The third-order valence-electron chi connectivity index (χ3n) is 2.10. The highest BCUT2D eigenvalue weighted by Gasteiger charge is 2.24. The number of sulfone groups is 1. The van der Waals surface area contributed by atoms with Crippen LogP contribution in [0.5, 0.6) is 0 Å². The average molecular weight is 177 g/mol. The molecule has 0 spiro atoms. The Morgan fingerprint density at radius 1 is 1.45 bits per heavy atom. The lowest BCUT2D eigenvalue weighted by atomic mass is 10.2. The summed E-state index contributed by atoms with van der Waals surface area (Å²) < 4.78 is 22.6. The van der Waals surface area contributed by atoms with Gasteiger partial charge in [-0.25, -0.2) is 8.42 Å². The molecule has 11 heavy (non-hydrogen) atoms. The van der Waals surface area contributed by atoms with E-state index >= 15 is 0 Å². The molecule has 1 aliphatic heterocycles. The summed E-state index contributed by atoms with van der Waals surface area (Å²) in [5.74, 6) is 0.255. The van der Waals surface area contributed by atoms with Gasteiger partial charge in [0.05, 0.1) is 0 Å². The number of rotatable bonds is 2. The van der Waals surface area contributed by atoms with E-state index in [-0.39, 0.29) is 11.1 Å². The van der Waals surface area contributed by atoms with Gasteiger partial charge in [0.2, 0.25) is 0 Å². The SMILES string of the molecule is CCS(=O)(=O)C1CCCCN1. The Kier molecular flexibility index (Phi) is 2.90. The van der Waals surface area contributed by atoms with Crippen molar-refractivity contribution in [2.24, 2.45) is 0 Å². The first-order valence-corrected chi connectivity index (χ1v) is 5.83. The molecule has 0 aromatic heterocycles. The van der Waals surface area contributed by atoms with Gasteiger partial charge in [-0.3, -0.25) is 0 Å². The van der Waals surface area contributed by atoms with Crippen molar-refractivity contribution in [2.75, 3.05) is 12.3 Å². The summed E-state index contributed by atoms with van der Waals surface area (Å²) in [7, 11) is -2.83. The van der Waals surface area contributed by atoms with Crippen LogP contribution in [0.4, 0.5) is 0 Å². The summed E-state index contributed by atoms with van der Waals surface area (Å²) in [4.78, 5) is 0. The zero-order valence-corrected chi connectivity index (χ0v) is 7.65. The van der Waals surface area contributed by atoms with Gasteiger partial charge in [0, 0.05) is 5.75 Å². The van der Waals surface area contributed by atoms with Crippen LogP contribution in [0.3, 0.4) is 0 Å². The molecule has 4 heteroatoms. The van der Waals surface area contributed by atoms with E-state index in [1.54, 1.807) is 6.92 Å². The Morgan fingerprint density at radius 2 is 2.18 bits per heavy atom. The molecule has 1 heterocycles. The molecule has 0 aromatic carbocycles. The molecule has 0 aromatic rings. The minimum atomic E-state index is -2.83. The van der Waals surface area contributed by atoms with E-state index in [9.17, 15) is 8.42 Å². The first kappa shape index (κ1) is 9.00. The lowest BCUT2D eigenvalue weighted by Gasteiger charge is -2.22. The van der Waals surface area contributed by atoms with Gasteiger partial charge in [-0.1, -0.05) is 6.92 Å².